The highest BCUT2D eigenvalue weighted by Gasteiger charge is 2.10. The van der Waals surface area contributed by atoms with E-state index in [0.29, 0.717) is 0 Å². The molecule has 1 rings (SSSR count). The van der Waals surface area contributed by atoms with E-state index in [1.54, 1.807) is 0 Å². The van der Waals surface area contributed by atoms with Crippen LogP contribution in [0.4, 0.5) is 0 Å². The van der Waals surface area contributed by atoms with Gasteiger partial charge in [0.1, 0.15) is 5.75 Å². The molecule has 20 heavy (non-hydrogen) atoms. The van der Waals surface area contributed by atoms with Crippen molar-refractivity contribution in [3.63, 3.8) is 0 Å². The molecule has 0 aliphatic carbocycles. The van der Waals surface area contributed by atoms with Gasteiger partial charge >= 0.3 is 0 Å². The molecule has 0 spiro atoms. The zero-order chi connectivity index (χ0) is 15.0. The maximum absolute atomic E-state index is 5.82. The first-order chi connectivity index (χ1) is 9.42. The lowest BCUT2D eigenvalue weighted by atomic mass is 10.1. The number of rotatable bonds is 8. The lowest BCUT2D eigenvalue weighted by Crippen LogP contribution is -2.35. The lowest BCUT2D eigenvalue weighted by Gasteiger charge is -2.21. The van der Waals surface area contributed by atoms with Gasteiger partial charge < -0.3 is 10.1 Å². The van der Waals surface area contributed by atoms with Crippen molar-refractivity contribution in [3.8, 4) is 5.75 Å². The quantitative estimate of drug-likeness (QED) is 0.669. The van der Waals surface area contributed by atoms with E-state index in [4.69, 9.17) is 4.74 Å². The molecular formula is C16H26BrNOS. The Kier molecular flexibility index (Phi) is 8.00. The van der Waals surface area contributed by atoms with Gasteiger partial charge in [0, 0.05) is 16.6 Å². The van der Waals surface area contributed by atoms with Crippen molar-refractivity contribution in [1.82, 2.24) is 5.32 Å². The molecule has 0 atom stereocenters. The molecule has 0 aliphatic rings. The van der Waals surface area contributed by atoms with E-state index in [0.717, 1.165) is 29.8 Å². The van der Waals surface area contributed by atoms with E-state index in [2.05, 4.69) is 61.1 Å². The number of halogens is 1. The Morgan fingerprint density at radius 2 is 2.05 bits per heavy atom. The molecule has 114 valence electrons. The van der Waals surface area contributed by atoms with Crippen molar-refractivity contribution in [2.45, 2.75) is 46.2 Å². The molecule has 1 aromatic carbocycles. The molecular weight excluding hydrogens is 334 g/mol. The molecule has 0 bridgehead atoms. The number of hydrogen-bond donors (Lipinski definition) is 1. The van der Waals surface area contributed by atoms with Gasteiger partial charge in [-0.1, -0.05) is 22.9 Å². The monoisotopic (exact) mass is 359 g/mol. The van der Waals surface area contributed by atoms with Crippen molar-refractivity contribution in [3.05, 3.63) is 28.2 Å². The normalized spacial score (nSPS) is 11.7. The average Bonchev–Trinajstić information content (AvgIpc) is 2.38. The molecule has 0 aromatic heterocycles. The number of benzene rings is 1. The van der Waals surface area contributed by atoms with Crippen LogP contribution in [0.1, 0.15) is 39.7 Å². The third-order valence-corrected chi connectivity index (χ3v) is 4.49. The molecule has 0 radical (unpaired) electrons. The molecule has 0 aliphatic heterocycles. The molecule has 0 fully saturated rings. The Labute approximate surface area is 136 Å². The highest BCUT2D eigenvalue weighted by atomic mass is 79.9. The average molecular weight is 360 g/mol. The highest BCUT2D eigenvalue weighted by molar-refractivity contribution is 9.10. The van der Waals surface area contributed by atoms with Crippen molar-refractivity contribution in [2.24, 2.45) is 0 Å². The smallest absolute Gasteiger partial charge is 0.119 e. The number of hydrogen-bond acceptors (Lipinski definition) is 3. The summed E-state index contributed by atoms with van der Waals surface area (Å²) >= 11 is 5.56. The zero-order valence-electron chi connectivity index (χ0n) is 13.0. The molecule has 0 heterocycles. The van der Waals surface area contributed by atoms with E-state index in [9.17, 15) is 0 Å². The third kappa shape index (κ3) is 7.55. The van der Waals surface area contributed by atoms with Crippen LogP contribution in [-0.2, 0) is 6.54 Å². The predicted molar refractivity (Wildman–Crippen MR) is 93.8 cm³/mol. The topological polar surface area (TPSA) is 21.3 Å². The Morgan fingerprint density at radius 1 is 1.30 bits per heavy atom. The summed E-state index contributed by atoms with van der Waals surface area (Å²) in [5.41, 5.74) is 1.36. The first-order valence-corrected chi connectivity index (χ1v) is 9.11. The van der Waals surface area contributed by atoms with E-state index >= 15 is 0 Å². The van der Waals surface area contributed by atoms with Crippen LogP contribution in [0.2, 0.25) is 0 Å². The van der Waals surface area contributed by atoms with Crippen LogP contribution in [-0.4, -0.2) is 23.7 Å². The number of thioether (sulfide) groups is 1. The summed E-state index contributed by atoms with van der Waals surface area (Å²) in [5.74, 6) is 3.31. The second-order valence-corrected chi connectivity index (χ2v) is 8.00. The van der Waals surface area contributed by atoms with Gasteiger partial charge in [-0.25, -0.2) is 0 Å². The lowest BCUT2D eigenvalue weighted by molar-refractivity contribution is 0.318. The Morgan fingerprint density at radius 3 is 2.70 bits per heavy atom. The molecule has 1 N–H and O–H groups in total. The zero-order valence-corrected chi connectivity index (χ0v) is 15.4. The molecule has 1 aromatic rings. The third-order valence-electron chi connectivity index (χ3n) is 2.73. The maximum atomic E-state index is 5.82. The molecule has 4 heteroatoms. The second-order valence-electron chi connectivity index (χ2n) is 5.76. The van der Waals surface area contributed by atoms with Gasteiger partial charge in [-0.05, 0) is 62.5 Å². The fraction of sp³-hybridized carbons (Fsp3) is 0.625. The van der Waals surface area contributed by atoms with E-state index in [1.165, 1.54) is 17.1 Å². The van der Waals surface area contributed by atoms with Gasteiger partial charge in [0.05, 0.1) is 6.61 Å². The van der Waals surface area contributed by atoms with Gasteiger partial charge in [0.25, 0.3) is 0 Å². The summed E-state index contributed by atoms with van der Waals surface area (Å²) < 4.78 is 6.95. The first-order valence-electron chi connectivity index (χ1n) is 7.16. The van der Waals surface area contributed by atoms with E-state index < -0.39 is 0 Å². The molecule has 2 nitrogen and oxygen atoms in total. The second kappa shape index (κ2) is 8.96. The van der Waals surface area contributed by atoms with E-state index in [-0.39, 0.29) is 5.54 Å². The van der Waals surface area contributed by atoms with Crippen LogP contribution < -0.4 is 10.1 Å². The van der Waals surface area contributed by atoms with Crippen LogP contribution in [0.15, 0.2) is 22.7 Å². The Bertz CT molecular complexity index is 404. The Hall–Kier alpha value is -0.190. The molecule has 0 unspecified atom stereocenters. The summed E-state index contributed by atoms with van der Waals surface area (Å²) in [6.45, 7) is 10.3. The SMILES string of the molecule is CCSCCCOc1ccc(Br)c(CNC(C)(C)C)c1. The van der Waals surface area contributed by atoms with Gasteiger partial charge in [-0.3, -0.25) is 0 Å². The van der Waals surface area contributed by atoms with Crippen LogP contribution in [0.3, 0.4) is 0 Å². The fourth-order valence-electron chi connectivity index (χ4n) is 1.63. The highest BCUT2D eigenvalue weighted by Crippen LogP contribution is 2.23. The minimum atomic E-state index is 0.119. The van der Waals surface area contributed by atoms with E-state index in [1.807, 2.05) is 17.8 Å². The van der Waals surface area contributed by atoms with Crippen molar-refractivity contribution in [2.75, 3.05) is 18.1 Å². The summed E-state index contributed by atoms with van der Waals surface area (Å²) in [7, 11) is 0. The van der Waals surface area contributed by atoms with Crippen molar-refractivity contribution >= 4 is 27.7 Å². The number of nitrogens with one attached hydrogen (secondary N) is 1. The molecule has 0 saturated heterocycles. The summed E-state index contributed by atoms with van der Waals surface area (Å²) in [4.78, 5) is 0. The number of ether oxygens (including phenoxy) is 1. The maximum Gasteiger partial charge on any atom is 0.119 e. The van der Waals surface area contributed by atoms with Gasteiger partial charge in [-0.15, -0.1) is 0 Å². The first kappa shape index (κ1) is 17.9. The summed E-state index contributed by atoms with van der Waals surface area (Å²) in [6, 6.07) is 6.21. The largest absolute Gasteiger partial charge is 0.494 e. The standard InChI is InChI=1S/C16H26BrNOS/c1-5-20-10-6-9-19-14-7-8-15(17)13(11-14)12-18-16(2,3)4/h7-8,11,18H,5-6,9-10,12H2,1-4H3. The van der Waals surface area contributed by atoms with Crippen LogP contribution in [0.25, 0.3) is 0 Å². The minimum absolute atomic E-state index is 0.119. The Balaban J connectivity index is 2.48. The van der Waals surface area contributed by atoms with Crippen LogP contribution in [0, 0.1) is 0 Å². The fourth-order valence-corrected chi connectivity index (χ4v) is 2.63. The van der Waals surface area contributed by atoms with Crippen molar-refractivity contribution < 1.29 is 4.74 Å². The van der Waals surface area contributed by atoms with Gasteiger partial charge in [0.2, 0.25) is 0 Å². The van der Waals surface area contributed by atoms with Gasteiger partial charge in [0.15, 0.2) is 0 Å². The summed E-state index contributed by atoms with van der Waals surface area (Å²) in [6.07, 6.45) is 1.10. The van der Waals surface area contributed by atoms with Crippen molar-refractivity contribution in [1.29, 1.82) is 0 Å². The van der Waals surface area contributed by atoms with Gasteiger partial charge in [-0.2, -0.15) is 11.8 Å². The summed E-state index contributed by atoms with van der Waals surface area (Å²) in [5, 5.41) is 3.50. The van der Waals surface area contributed by atoms with Crippen LogP contribution >= 0.6 is 27.7 Å². The molecule has 0 amide bonds. The minimum Gasteiger partial charge on any atom is -0.494 e. The molecule has 0 saturated carbocycles. The predicted octanol–water partition coefficient (Wildman–Crippen LogP) is 4.86. The van der Waals surface area contributed by atoms with Crippen LogP contribution in [0.5, 0.6) is 5.75 Å².